The first kappa shape index (κ1) is 34.8. The number of ether oxygens (including phenoxy) is 3. The molecular formula is C37H30Cl2IN3O5S. The van der Waals surface area contributed by atoms with Crippen LogP contribution in [-0.2, 0) is 11.4 Å². The molecule has 1 N–H and O–H groups in total. The molecule has 1 amide bonds. The summed E-state index contributed by atoms with van der Waals surface area (Å²) in [6, 6.07) is 24.9. The quantitative estimate of drug-likeness (QED) is 0.146. The van der Waals surface area contributed by atoms with Crippen LogP contribution < -0.4 is 34.4 Å². The van der Waals surface area contributed by atoms with Gasteiger partial charge < -0.3 is 19.5 Å². The van der Waals surface area contributed by atoms with E-state index in [0.717, 1.165) is 20.3 Å². The second-order valence-electron chi connectivity index (χ2n) is 11.0. The lowest BCUT2D eigenvalue weighted by molar-refractivity contribution is -0.113. The number of hydrogen-bond acceptors (Lipinski definition) is 7. The normalized spacial score (nSPS) is 14.2. The Morgan fingerprint density at radius 1 is 1.04 bits per heavy atom. The summed E-state index contributed by atoms with van der Waals surface area (Å²) in [5, 5.41) is 4.03. The number of aromatic nitrogens is 1. The lowest BCUT2D eigenvalue weighted by Gasteiger charge is -2.25. The molecule has 0 unspecified atom stereocenters. The smallest absolute Gasteiger partial charge is 0.271 e. The standard InChI is InChI=1S/C37H30Cl2IN3O5S/c1-4-47-27-14-11-23(12-15-27)33-32(35(44)42-26-8-6-5-7-9-26)21(2)41-37-43(33)36(45)31(49-37)18-22-16-29(40)34(30(17-22)46-3)48-20-24-10-13-25(38)19-28(24)39/h5-19,33H,4,20H2,1-3H3,(H,42,44)/b31-18-/t33-/m0/s1. The van der Waals surface area contributed by atoms with Gasteiger partial charge in [-0.3, -0.25) is 14.2 Å². The molecule has 1 aliphatic heterocycles. The van der Waals surface area contributed by atoms with Crippen LogP contribution in [-0.4, -0.2) is 24.2 Å². The number of halogens is 3. The molecule has 49 heavy (non-hydrogen) atoms. The number of anilines is 1. The summed E-state index contributed by atoms with van der Waals surface area (Å²) in [5.41, 5.74) is 3.54. The van der Waals surface area contributed by atoms with Crippen LogP contribution in [0.1, 0.15) is 36.6 Å². The lowest BCUT2D eigenvalue weighted by atomic mass is 9.95. The number of methoxy groups -OCH3 is 1. The molecule has 4 aromatic carbocycles. The number of thiazole rings is 1. The summed E-state index contributed by atoms with van der Waals surface area (Å²) in [6.07, 6.45) is 1.80. The average molecular weight is 827 g/mol. The van der Waals surface area contributed by atoms with Crippen molar-refractivity contribution in [2.75, 3.05) is 19.0 Å². The van der Waals surface area contributed by atoms with Gasteiger partial charge in [0.1, 0.15) is 12.4 Å². The number of para-hydroxylation sites is 1. The first-order chi connectivity index (χ1) is 23.7. The topological polar surface area (TPSA) is 91.2 Å². The van der Waals surface area contributed by atoms with E-state index in [1.54, 1.807) is 36.8 Å². The molecule has 1 aliphatic rings. The molecular weight excluding hydrogens is 796 g/mol. The zero-order valence-corrected chi connectivity index (χ0v) is 31.1. The zero-order valence-electron chi connectivity index (χ0n) is 26.6. The van der Waals surface area contributed by atoms with E-state index in [-0.39, 0.29) is 18.1 Å². The predicted octanol–water partition coefficient (Wildman–Crippen LogP) is 7.77. The number of carbonyl (C=O) groups is 1. The molecule has 1 atom stereocenters. The van der Waals surface area contributed by atoms with Crippen molar-refractivity contribution >= 4 is 74.8 Å². The van der Waals surface area contributed by atoms with Crippen LogP contribution >= 0.6 is 57.1 Å². The maximum Gasteiger partial charge on any atom is 0.271 e. The molecule has 0 spiro atoms. The van der Waals surface area contributed by atoms with Gasteiger partial charge in [0.2, 0.25) is 0 Å². The second-order valence-corrected chi connectivity index (χ2v) is 14.0. The molecule has 6 rings (SSSR count). The Kier molecular flexibility index (Phi) is 10.8. The van der Waals surface area contributed by atoms with Gasteiger partial charge in [0, 0.05) is 21.3 Å². The van der Waals surface area contributed by atoms with Crippen LogP contribution in [0.5, 0.6) is 17.2 Å². The number of nitrogens with one attached hydrogen (secondary N) is 1. The molecule has 0 bridgehead atoms. The second kappa shape index (κ2) is 15.2. The van der Waals surface area contributed by atoms with Crippen molar-refractivity contribution in [2.24, 2.45) is 4.99 Å². The number of benzene rings is 4. The van der Waals surface area contributed by atoms with Gasteiger partial charge in [-0.1, -0.05) is 70.9 Å². The van der Waals surface area contributed by atoms with Gasteiger partial charge in [0.25, 0.3) is 11.5 Å². The van der Waals surface area contributed by atoms with Crippen molar-refractivity contribution in [2.45, 2.75) is 26.5 Å². The monoisotopic (exact) mass is 825 g/mol. The zero-order chi connectivity index (χ0) is 34.7. The molecule has 2 heterocycles. The Morgan fingerprint density at radius 3 is 2.49 bits per heavy atom. The number of hydrogen-bond donors (Lipinski definition) is 1. The highest BCUT2D eigenvalue weighted by molar-refractivity contribution is 14.1. The van der Waals surface area contributed by atoms with Crippen LogP contribution in [0.25, 0.3) is 6.08 Å². The largest absolute Gasteiger partial charge is 0.494 e. The van der Waals surface area contributed by atoms with Gasteiger partial charge in [-0.15, -0.1) is 0 Å². The molecule has 5 aromatic rings. The lowest BCUT2D eigenvalue weighted by Crippen LogP contribution is -2.40. The van der Waals surface area contributed by atoms with E-state index in [1.165, 1.54) is 11.3 Å². The van der Waals surface area contributed by atoms with Crippen LogP contribution in [0.15, 0.2) is 106 Å². The average Bonchev–Trinajstić information content (AvgIpc) is 3.38. The van der Waals surface area contributed by atoms with Gasteiger partial charge in [-0.25, -0.2) is 4.99 Å². The summed E-state index contributed by atoms with van der Waals surface area (Å²) in [7, 11) is 1.56. The summed E-state index contributed by atoms with van der Waals surface area (Å²) in [5.74, 6) is 1.41. The highest BCUT2D eigenvalue weighted by atomic mass is 127. The highest BCUT2D eigenvalue weighted by Gasteiger charge is 2.32. The third-order valence-electron chi connectivity index (χ3n) is 7.74. The minimum absolute atomic E-state index is 0.214. The summed E-state index contributed by atoms with van der Waals surface area (Å²) in [4.78, 5) is 33.4. The molecule has 8 nitrogen and oxygen atoms in total. The first-order valence-electron chi connectivity index (χ1n) is 15.2. The maximum absolute atomic E-state index is 14.2. The molecule has 1 aromatic heterocycles. The van der Waals surface area contributed by atoms with Gasteiger partial charge in [0.05, 0.1) is 39.1 Å². The predicted molar refractivity (Wildman–Crippen MR) is 203 cm³/mol. The molecule has 0 aliphatic carbocycles. The minimum Gasteiger partial charge on any atom is -0.494 e. The number of amides is 1. The molecule has 0 saturated heterocycles. The van der Waals surface area contributed by atoms with E-state index < -0.39 is 6.04 Å². The Balaban J connectivity index is 1.40. The van der Waals surface area contributed by atoms with Crippen molar-refractivity contribution in [3.63, 3.8) is 0 Å². The highest BCUT2D eigenvalue weighted by Crippen LogP contribution is 2.36. The number of rotatable bonds is 10. The van der Waals surface area contributed by atoms with E-state index in [0.29, 0.717) is 60.2 Å². The summed E-state index contributed by atoms with van der Waals surface area (Å²) in [6.45, 7) is 4.44. The minimum atomic E-state index is -0.720. The third kappa shape index (κ3) is 7.57. The number of fused-ring (bicyclic) bond motifs is 1. The fourth-order valence-electron chi connectivity index (χ4n) is 5.46. The van der Waals surface area contributed by atoms with E-state index in [9.17, 15) is 9.59 Å². The van der Waals surface area contributed by atoms with Crippen LogP contribution in [0.2, 0.25) is 10.0 Å². The van der Waals surface area contributed by atoms with Crippen molar-refractivity contribution < 1.29 is 19.0 Å². The van der Waals surface area contributed by atoms with Gasteiger partial charge in [-0.2, -0.15) is 0 Å². The summed E-state index contributed by atoms with van der Waals surface area (Å²) < 4.78 is 20.3. The fourth-order valence-corrected chi connectivity index (χ4v) is 7.75. The molecule has 12 heteroatoms. The van der Waals surface area contributed by atoms with Crippen molar-refractivity contribution in [1.29, 1.82) is 0 Å². The van der Waals surface area contributed by atoms with Gasteiger partial charge in [0.15, 0.2) is 16.3 Å². The number of carbonyl (C=O) groups excluding carboxylic acids is 1. The first-order valence-corrected chi connectivity index (χ1v) is 17.9. The van der Waals surface area contributed by atoms with Crippen molar-refractivity contribution in [3.05, 3.63) is 146 Å². The Labute approximate surface area is 310 Å². The van der Waals surface area contributed by atoms with E-state index in [4.69, 9.17) is 42.4 Å². The Bertz CT molecular complexity index is 2250. The van der Waals surface area contributed by atoms with E-state index >= 15 is 0 Å². The number of allylic oxidation sites excluding steroid dienone is 1. The summed E-state index contributed by atoms with van der Waals surface area (Å²) >= 11 is 15.8. The number of nitrogens with zero attached hydrogens (tertiary/aromatic N) is 2. The third-order valence-corrected chi connectivity index (χ3v) is 10.1. The van der Waals surface area contributed by atoms with Crippen LogP contribution in [0, 0.1) is 3.57 Å². The van der Waals surface area contributed by atoms with Crippen molar-refractivity contribution in [3.8, 4) is 17.2 Å². The molecule has 250 valence electrons. The van der Waals surface area contributed by atoms with Crippen LogP contribution in [0.3, 0.4) is 0 Å². The van der Waals surface area contributed by atoms with E-state index in [1.807, 2.05) is 79.7 Å². The van der Waals surface area contributed by atoms with Crippen LogP contribution in [0.4, 0.5) is 5.69 Å². The molecule has 0 radical (unpaired) electrons. The molecule has 0 fully saturated rings. The Hall–Kier alpha value is -4.10. The van der Waals surface area contributed by atoms with E-state index in [2.05, 4.69) is 27.9 Å². The Morgan fingerprint density at radius 2 is 1.80 bits per heavy atom. The van der Waals surface area contributed by atoms with Gasteiger partial charge >= 0.3 is 0 Å². The fraction of sp³-hybridized carbons (Fsp3) is 0.162. The maximum atomic E-state index is 14.2. The van der Waals surface area contributed by atoms with Gasteiger partial charge in [-0.05, 0) is 102 Å². The molecule has 0 saturated carbocycles. The van der Waals surface area contributed by atoms with Crippen molar-refractivity contribution in [1.82, 2.24) is 4.57 Å². The SMILES string of the molecule is CCOc1ccc([C@H]2C(C(=O)Nc3ccccc3)=C(C)N=c3s/c(=C\c4cc(I)c(OCc5ccc(Cl)cc5Cl)c(OC)c4)c(=O)n32)cc1.